The Kier molecular flexibility index (Phi) is 11.3. The first-order chi connectivity index (χ1) is 20.6. The van der Waals surface area contributed by atoms with E-state index in [1.54, 1.807) is 5.57 Å². The smallest absolute Gasteiger partial charge is 0.192 e. The molecular weight excluding hydrogens is 585 g/mol. The van der Waals surface area contributed by atoms with Crippen molar-refractivity contribution in [3.63, 3.8) is 0 Å². The first-order valence-electron chi connectivity index (χ1n) is 18.5. The van der Waals surface area contributed by atoms with Gasteiger partial charge >= 0.3 is 0 Å². The minimum Gasteiger partial charge on any atom is -0.413 e. The fourth-order valence-electron chi connectivity index (χ4n) is 8.12. The first kappa shape index (κ1) is 37.1. The van der Waals surface area contributed by atoms with Crippen LogP contribution in [-0.4, -0.2) is 40.1 Å². The second-order valence-corrected chi connectivity index (χ2v) is 28.4. The first-order valence-corrected chi connectivity index (χ1v) is 24.3. The second-order valence-electron chi connectivity index (χ2n) is 18.9. The van der Waals surface area contributed by atoms with Crippen molar-refractivity contribution in [3.8, 4) is 0 Å². The van der Waals surface area contributed by atoms with Gasteiger partial charge in [-0.15, -0.1) is 0 Å². The predicted molar refractivity (Wildman–Crippen MR) is 199 cm³/mol. The molecule has 256 valence electrons. The molecule has 0 spiro atoms. The quantitative estimate of drug-likeness (QED) is 0.188. The average Bonchev–Trinajstić information content (AvgIpc) is 3.64. The minimum absolute atomic E-state index is 0.0226. The van der Waals surface area contributed by atoms with Crippen molar-refractivity contribution in [2.45, 2.75) is 174 Å². The molecule has 0 aromatic carbocycles. The van der Waals surface area contributed by atoms with E-state index in [1.165, 1.54) is 56.1 Å². The van der Waals surface area contributed by atoms with Gasteiger partial charge < -0.3 is 14.0 Å². The lowest BCUT2D eigenvalue weighted by atomic mass is 9.61. The van der Waals surface area contributed by atoms with Crippen LogP contribution in [0.4, 0.5) is 0 Å². The fourth-order valence-corrected chi connectivity index (χ4v) is 10.8. The molecule has 4 rings (SSSR count). The van der Waals surface area contributed by atoms with Gasteiger partial charge in [-0.25, -0.2) is 0 Å². The Labute approximate surface area is 280 Å². The Bertz CT molecular complexity index is 1150. The molecule has 4 saturated carbocycles. The van der Waals surface area contributed by atoms with E-state index in [0.717, 1.165) is 25.2 Å². The highest BCUT2D eigenvalue weighted by atomic mass is 28.4. The van der Waals surface area contributed by atoms with E-state index in [2.05, 4.69) is 112 Å². The molecular formula is C40H70O3Si2. The summed E-state index contributed by atoms with van der Waals surface area (Å²) in [5.74, 6) is 2.59. The number of aliphatic hydroxyl groups is 1. The summed E-state index contributed by atoms with van der Waals surface area (Å²) in [7, 11) is -3.91. The van der Waals surface area contributed by atoms with E-state index < -0.39 is 16.6 Å². The summed E-state index contributed by atoms with van der Waals surface area (Å²) in [5.41, 5.74) is 4.49. The van der Waals surface area contributed by atoms with Crippen LogP contribution in [0.3, 0.4) is 0 Å². The number of fused-ring (bicyclic) bond motifs is 1. The Hall–Kier alpha value is -0.726. The largest absolute Gasteiger partial charge is 0.413 e. The van der Waals surface area contributed by atoms with Gasteiger partial charge in [0.15, 0.2) is 16.6 Å². The highest BCUT2D eigenvalue weighted by Gasteiger charge is 2.50. The third kappa shape index (κ3) is 8.66. The van der Waals surface area contributed by atoms with Crippen LogP contribution >= 0.6 is 0 Å². The minimum atomic E-state index is -1.98. The van der Waals surface area contributed by atoms with Crippen LogP contribution in [0.25, 0.3) is 0 Å². The molecule has 3 nitrogen and oxygen atoms in total. The Balaban J connectivity index is 1.56. The lowest BCUT2D eigenvalue weighted by molar-refractivity contribution is 0.0969. The van der Waals surface area contributed by atoms with E-state index in [-0.39, 0.29) is 28.4 Å². The molecule has 45 heavy (non-hydrogen) atoms. The van der Waals surface area contributed by atoms with Crippen LogP contribution in [0.5, 0.6) is 0 Å². The number of hydrogen-bond donors (Lipinski definition) is 1. The summed E-state index contributed by atoms with van der Waals surface area (Å²) in [6.07, 6.45) is 21.1. The van der Waals surface area contributed by atoms with E-state index in [1.807, 2.05) is 0 Å². The normalized spacial score (nSPS) is 33.7. The zero-order chi connectivity index (χ0) is 33.6. The third-order valence-corrected chi connectivity index (χ3v) is 22.3. The molecule has 0 aliphatic heterocycles. The van der Waals surface area contributed by atoms with Gasteiger partial charge in [0.25, 0.3) is 0 Å². The second kappa shape index (κ2) is 13.6. The summed E-state index contributed by atoms with van der Waals surface area (Å²) >= 11 is 0. The van der Waals surface area contributed by atoms with Crippen LogP contribution in [-0.2, 0) is 8.85 Å². The molecule has 0 amide bonds. The summed E-state index contributed by atoms with van der Waals surface area (Å²) < 4.78 is 14.2. The molecule has 0 saturated heterocycles. The average molecular weight is 655 g/mol. The standard InChI is InChI=1S/C40H70O3Si2/c1-28(16-21-33(41)25-30-17-18-30)35-22-23-36-31(15-14-24-40(35,36)9)19-20-32-26-34(42-44(10,11)38(3,4)5)27-37(29(32)2)43-45(12,13)39(6,7)8/h16,19-21,28,30,33-37,41H,2,14-15,17-18,22-27H2,1,3-13H3/b21-16+,31-19+,32-20+/t28-,33+,34-,35-,36+,37+,40-/m1/s1. The highest BCUT2D eigenvalue weighted by molar-refractivity contribution is 6.74. The summed E-state index contributed by atoms with van der Waals surface area (Å²) in [6, 6.07) is 0. The van der Waals surface area contributed by atoms with E-state index >= 15 is 0 Å². The van der Waals surface area contributed by atoms with Gasteiger partial charge in [0, 0.05) is 6.42 Å². The van der Waals surface area contributed by atoms with Gasteiger partial charge in [0.05, 0.1) is 18.3 Å². The van der Waals surface area contributed by atoms with E-state index in [0.29, 0.717) is 23.2 Å². The van der Waals surface area contributed by atoms with Gasteiger partial charge in [-0.05, 0) is 121 Å². The molecule has 1 N–H and O–H groups in total. The number of aliphatic hydroxyl groups excluding tert-OH is 1. The van der Waals surface area contributed by atoms with Crippen molar-refractivity contribution in [2.75, 3.05) is 0 Å². The summed E-state index contributed by atoms with van der Waals surface area (Å²) in [4.78, 5) is 0. The Morgan fingerprint density at radius 2 is 1.56 bits per heavy atom. The molecule has 0 bridgehead atoms. The van der Waals surface area contributed by atoms with Crippen molar-refractivity contribution in [3.05, 3.63) is 47.6 Å². The molecule has 0 aromatic heterocycles. The van der Waals surface area contributed by atoms with Gasteiger partial charge in [-0.3, -0.25) is 0 Å². The van der Waals surface area contributed by atoms with Crippen molar-refractivity contribution in [1.29, 1.82) is 0 Å². The SMILES string of the molecule is C=C1/C(=C/C=C2\CCC[C@]3(C)[C@@H]([C@H](C)/C=C/[C@H](O)CC4CC4)CC[C@@H]23)C[C@@H](O[Si](C)(C)C(C)(C)C)C[C@@H]1O[Si](C)(C)C(C)(C)C. The zero-order valence-corrected chi connectivity index (χ0v) is 33.4. The van der Waals surface area contributed by atoms with Crippen molar-refractivity contribution in [1.82, 2.24) is 0 Å². The molecule has 0 aromatic rings. The summed E-state index contributed by atoms with van der Waals surface area (Å²) in [5, 5.41) is 10.9. The van der Waals surface area contributed by atoms with Gasteiger partial charge in [-0.1, -0.05) is 105 Å². The molecule has 5 heteroatoms. The van der Waals surface area contributed by atoms with Crippen molar-refractivity contribution < 1.29 is 14.0 Å². The molecule has 0 heterocycles. The number of allylic oxidation sites excluding steroid dienone is 4. The molecule has 7 atom stereocenters. The molecule has 0 radical (unpaired) electrons. The number of hydrogen-bond acceptors (Lipinski definition) is 3. The monoisotopic (exact) mass is 654 g/mol. The summed E-state index contributed by atoms with van der Waals surface area (Å²) in [6.45, 7) is 33.2. The van der Waals surface area contributed by atoms with Crippen LogP contribution in [0.15, 0.2) is 47.6 Å². The fraction of sp³-hybridized carbons (Fsp3) is 0.800. The van der Waals surface area contributed by atoms with Gasteiger partial charge in [0.1, 0.15) is 0 Å². The zero-order valence-electron chi connectivity index (χ0n) is 31.4. The molecule has 4 fully saturated rings. The maximum Gasteiger partial charge on any atom is 0.192 e. The van der Waals surface area contributed by atoms with Crippen LogP contribution < -0.4 is 0 Å². The molecule has 0 unspecified atom stereocenters. The van der Waals surface area contributed by atoms with Gasteiger partial charge in [-0.2, -0.15) is 0 Å². The highest BCUT2D eigenvalue weighted by Crippen LogP contribution is 2.59. The van der Waals surface area contributed by atoms with E-state index in [4.69, 9.17) is 8.85 Å². The molecule has 4 aliphatic rings. The van der Waals surface area contributed by atoms with Crippen LogP contribution in [0.1, 0.15) is 120 Å². The van der Waals surface area contributed by atoms with E-state index in [9.17, 15) is 5.11 Å². The Morgan fingerprint density at radius 3 is 2.16 bits per heavy atom. The van der Waals surface area contributed by atoms with Crippen LogP contribution in [0.2, 0.25) is 36.3 Å². The lowest BCUT2D eigenvalue weighted by Crippen LogP contribution is -2.49. The van der Waals surface area contributed by atoms with Crippen molar-refractivity contribution >= 4 is 16.6 Å². The predicted octanol–water partition coefficient (Wildman–Crippen LogP) is 11.5. The van der Waals surface area contributed by atoms with Gasteiger partial charge in [0.2, 0.25) is 0 Å². The Morgan fingerprint density at radius 1 is 0.933 bits per heavy atom. The van der Waals surface area contributed by atoms with Crippen molar-refractivity contribution in [2.24, 2.45) is 29.1 Å². The maximum atomic E-state index is 10.5. The van der Waals surface area contributed by atoms with Crippen LogP contribution in [0, 0.1) is 29.1 Å². The molecule has 4 aliphatic carbocycles. The topological polar surface area (TPSA) is 38.7 Å². The third-order valence-electron chi connectivity index (χ3n) is 13.3. The maximum absolute atomic E-state index is 10.5. The lowest BCUT2D eigenvalue weighted by Gasteiger charge is -2.45. The number of rotatable bonds is 10.